The van der Waals surface area contributed by atoms with Crippen molar-refractivity contribution < 1.29 is 0 Å². The van der Waals surface area contributed by atoms with E-state index in [1.807, 2.05) is 0 Å². The highest BCUT2D eigenvalue weighted by molar-refractivity contribution is 9.36. The molecule has 0 amide bonds. The first kappa shape index (κ1) is 28.6. The molecule has 0 nitrogen and oxygen atoms in total. The molecule has 0 aromatic rings. The molecule has 0 bridgehead atoms. The second-order valence-electron chi connectivity index (χ2n) is 2.96. The van der Waals surface area contributed by atoms with E-state index < -0.39 is 0 Å². The van der Waals surface area contributed by atoms with E-state index in [-0.39, 0.29) is 62.9 Å². The summed E-state index contributed by atoms with van der Waals surface area (Å²) >= 11 is 0. The van der Waals surface area contributed by atoms with E-state index in [0.717, 1.165) is 0 Å². The summed E-state index contributed by atoms with van der Waals surface area (Å²) in [5.41, 5.74) is 0. The molecule has 0 aromatic heterocycles. The highest BCUT2D eigenvalue weighted by atomic mass is 33.4. The van der Waals surface area contributed by atoms with Crippen LogP contribution in [0.2, 0.25) is 0 Å². The molecule has 0 aromatic carbocycles. The van der Waals surface area contributed by atoms with Crippen LogP contribution in [0, 0.1) is 0 Å². The first-order chi connectivity index (χ1) is 9.02. The summed E-state index contributed by atoms with van der Waals surface area (Å²) in [7, 11) is 36.1. The molecule has 20 heteroatoms. The Hall–Kier alpha value is 8.60. The van der Waals surface area contributed by atoms with Crippen molar-refractivity contribution >= 4 is 161 Å². The van der Waals surface area contributed by atoms with Gasteiger partial charge in [-0.3, -0.25) is 0 Å². The summed E-state index contributed by atoms with van der Waals surface area (Å²) in [4.78, 5) is 0. The maximum absolute atomic E-state index is 3.93. The molecule has 0 fully saturated rings. The van der Waals surface area contributed by atoms with Gasteiger partial charge in [-0.25, -0.2) is 0 Å². The molecule has 0 rings (SSSR count). The minimum Gasteiger partial charge on any atom is -0.102 e. The fourth-order valence-electron chi connectivity index (χ4n) is 0.924. The number of hydrogen-bond acceptors (Lipinski definition) is 0. The number of hydrogen-bond donors (Lipinski definition) is 0. The first-order valence-corrected chi connectivity index (χ1v) is 39.3. The minimum absolute atomic E-state index is 0.00210. The molecule has 20 heavy (non-hydrogen) atoms. The summed E-state index contributed by atoms with van der Waals surface area (Å²) in [5, 5.41) is 0. The molecule has 0 saturated heterocycles. The highest BCUT2D eigenvalue weighted by Crippen LogP contribution is 3.30. The van der Waals surface area contributed by atoms with Crippen molar-refractivity contribution in [3.05, 3.63) is 0 Å². The van der Waals surface area contributed by atoms with Gasteiger partial charge >= 0.3 is 0 Å². The van der Waals surface area contributed by atoms with Crippen LogP contribution in [0.5, 0.6) is 0 Å². The van der Waals surface area contributed by atoms with E-state index in [4.69, 9.17) is 0 Å². The quantitative estimate of drug-likeness (QED) is 0.232. The Kier molecular flexibility index (Phi) is 22.0. The summed E-state index contributed by atoms with van der Waals surface area (Å²) in [5.74, 6) is 0. The van der Waals surface area contributed by atoms with E-state index >= 15 is 0 Å². The normalized spacial score (nSPS) is 15.2. The Morgan fingerprint density at radius 2 is 0.700 bits per heavy atom. The van der Waals surface area contributed by atoms with Crippen LogP contribution in [0.15, 0.2) is 0 Å². The van der Waals surface area contributed by atoms with Crippen LogP contribution in [0.1, 0.15) is 0 Å². The predicted octanol–water partition coefficient (Wildman–Crippen LogP) is 11.9. The second kappa shape index (κ2) is 15.4. The van der Waals surface area contributed by atoms with E-state index in [2.05, 4.69) is 98.2 Å². The SMILES string of the molecule is [PH]P([PH])P(P)P(P(P(P)P)P(P)P)P(P(P)P)P(P)P. The van der Waals surface area contributed by atoms with Crippen LogP contribution in [0.3, 0.4) is 0 Å². The second-order valence-corrected chi connectivity index (χ2v) is 79.8. The molecule has 0 aliphatic rings. The molecule has 0 aliphatic heterocycles. The zero-order valence-corrected chi connectivity index (χ0v) is 30.7. The van der Waals surface area contributed by atoms with Crippen LogP contribution in [0.4, 0.5) is 0 Å². The van der Waals surface area contributed by atoms with Gasteiger partial charge in [-0.05, 0) is 62.9 Å². The lowest BCUT2D eigenvalue weighted by molar-refractivity contribution is 4.50. The van der Waals surface area contributed by atoms with Crippen molar-refractivity contribution in [3.63, 3.8) is 0 Å². The molecule has 0 saturated carbocycles. The Morgan fingerprint density at radius 1 is 0.450 bits per heavy atom. The summed E-state index contributed by atoms with van der Waals surface area (Å²) < 4.78 is 0. The Labute approximate surface area is 160 Å². The smallest absolute Gasteiger partial charge is 0.00163 e. The highest BCUT2D eigenvalue weighted by Gasteiger charge is 2.41. The van der Waals surface area contributed by atoms with Gasteiger partial charge in [0.1, 0.15) is 0 Å². The van der Waals surface area contributed by atoms with Crippen LogP contribution in [-0.4, -0.2) is 0 Å². The van der Waals surface area contributed by atoms with Gasteiger partial charge in [-0.1, -0.05) is 17.9 Å². The fourth-order valence-corrected chi connectivity index (χ4v) is 224. The van der Waals surface area contributed by atoms with E-state index in [1.165, 1.54) is 0 Å². The zero-order chi connectivity index (χ0) is 16.2. The Bertz CT molecular complexity index is 211. The summed E-state index contributed by atoms with van der Waals surface area (Å²) in [6.07, 6.45) is 0. The van der Waals surface area contributed by atoms with Gasteiger partial charge in [-0.2, -0.15) is 0 Å². The van der Waals surface area contributed by atoms with Crippen molar-refractivity contribution in [3.8, 4) is 0 Å². The average Bonchev–Trinajstić information content (AvgIpc) is 2.24. The minimum atomic E-state index is -0.198. The molecule has 0 N–H and O–H groups in total. The van der Waals surface area contributed by atoms with Crippen molar-refractivity contribution in [2.45, 2.75) is 0 Å². The lowest BCUT2D eigenvalue weighted by Gasteiger charge is -2.45. The van der Waals surface area contributed by atoms with Gasteiger partial charge in [0.05, 0.1) is 0 Å². The van der Waals surface area contributed by atoms with Crippen molar-refractivity contribution in [1.29, 1.82) is 0 Å². The van der Waals surface area contributed by atoms with Gasteiger partial charge in [-0.15, -0.1) is 80.4 Å². The molecule has 10 atom stereocenters. The van der Waals surface area contributed by atoms with E-state index in [1.54, 1.807) is 0 Å². The maximum Gasteiger partial charge on any atom is -0.00163 e. The fraction of sp³-hybridized carbons (Fsp3) is 0. The molecule has 2 radical (unpaired) electrons. The predicted molar refractivity (Wildman–Crippen MR) is 166 cm³/mol. The molecule has 120 valence electrons. The van der Waals surface area contributed by atoms with E-state index in [9.17, 15) is 0 Å². The molecular weight excluding hydrogens is 619 g/mol. The number of rotatable bonds is 8. The molecule has 0 heterocycles. The molecule has 0 aliphatic carbocycles. The third kappa shape index (κ3) is 10.6. The van der Waals surface area contributed by atoms with Crippen molar-refractivity contribution in [2.24, 2.45) is 0 Å². The standard InChI is InChI=1S/H20P20/c1-12(2)17(11)20(18(13(3)4)14(5)6)19(15(7)8)16(9)10/h1-2H,3-11H2. The lowest BCUT2D eigenvalue weighted by Crippen LogP contribution is -1.56. The van der Waals surface area contributed by atoms with Crippen LogP contribution < -0.4 is 0 Å². The van der Waals surface area contributed by atoms with Crippen LogP contribution in [-0.2, 0) is 0 Å². The van der Waals surface area contributed by atoms with Crippen molar-refractivity contribution in [1.82, 2.24) is 0 Å². The average molecular weight is 640 g/mol. The Morgan fingerprint density at radius 3 is 0.850 bits per heavy atom. The maximum atomic E-state index is 3.93. The third-order valence-corrected chi connectivity index (χ3v) is 124. The monoisotopic (exact) mass is 640 g/mol. The summed E-state index contributed by atoms with van der Waals surface area (Å²) in [6.45, 7) is 0.0760. The molecule has 0 spiro atoms. The third-order valence-electron chi connectivity index (χ3n) is 1.53. The van der Waals surface area contributed by atoms with Gasteiger partial charge in [0.2, 0.25) is 0 Å². The topological polar surface area (TPSA) is 0 Å². The van der Waals surface area contributed by atoms with Crippen LogP contribution in [0.25, 0.3) is 0 Å². The molecular formula is H20P20. The zero-order valence-electron chi connectivity index (χ0n) is 10.2. The van der Waals surface area contributed by atoms with E-state index in [0.29, 0.717) is 0 Å². The molecule has 10 unspecified atom stereocenters. The Balaban J connectivity index is 5.66. The van der Waals surface area contributed by atoms with Gasteiger partial charge in [0.25, 0.3) is 0 Å². The van der Waals surface area contributed by atoms with Gasteiger partial charge < -0.3 is 0 Å². The summed E-state index contributed by atoms with van der Waals surface area (Å²) in [6, 6.07) is 0. The lowest BCUT2D eigenvalue weighted by atomic mass is 28.6. The largest absolute Gasteiger partial charge is 0.102 e. The van der Waals surface area contributed by atoms with Gasteiger partial charge in [0, 0.05) is 0 Å². The van der Waals surface area contributed by atoms with Crippen molar-refractivity contribution in [2.75, 3.05) is 0 Å². The first-order valence-electron chi connectivity index (χ1n) is 4.37. The van der Waals surface area contributed by atoms with Crippen LogP contribution >= 0.6 is 161 Å². The van der Waals surface area contributed by atoms with Gasteiger partial charge in [0.15, 0.2) is 0 Å².